The van der Waals surface area contributed by atoms with Crippen molar-refractivity contribution in [1.82, 2.24) is 0 Å². The van der Waals surface area contributed by atoms with E-state index < -0.39 is 0 Å². The van der Waals surface area contributed by atoms with E-state index >= 15 is 0 Å². The molecule has 0 saturated heterocycles. The second-order valence-electron chi connectivity index (χ2n) is 4.01. The van der Waals surface area contributed by atoms with Gasteiger partial charge in [0.15, 0.2) is 0 Å². The molecule has 0 spiro atoms. The van der Waals surface area contributed by atoms with Gasteiger partial charge in [-0.15, -0.1) is 0 Å². The normalized spacial score (nSPS) is 14.3. The molecule has 0 radical (unpaired) electrons. The summed E-state index contributed by atoms with van der Waals surface area (Å²) < 4.78 is 0. The number of hydrogen-bond acceptors (Lipinski definition) is 0. The molecule has 1 unspecified atom stereocenters. The molecule has 1 atom stereocenters. The van der Waals surface area contributed by atoms with Crippen molar-refractivity contribution in [3.8, 4) is 0 Å². The minimum Gasteiger partial charge on any atom is -0.0995 e. The Kier molecular flexibility index (Phi) is 6.66. The van der Waals surface area contributed by atoms with Crippen molar-refractivity contribution in [2.75, 3.05) is 0 Å². The van der Waals surface area contributed by atoms with Crippen LogP contribution in [0, 0.1) is 5.92 Å². The van der Waals surface area contributed by atoms with Gasteiger partial charge in [0.05, 0.1) is 0 Å². The van der Waals surface area contributed by atoms with Gasteiger partial charge in [0.25, 0.3) is 0 Å². The van der Waals surface area contributed by atoms with E-state index in [1.807, 2.05) is 0 Å². The highest BCUT2D eigenvalue weighted by Crippen LogP contribution is 2.18. The molecule has 0 aliphatic carbocycles. The zero-order valence-corrected chi connectivity index (χ0v) is 9.69. The predicted octanol–water partition coefficient (Wildman–Crippen LogP) is 4.73. The maximum atomic E-state index is 3.98. The van der Waals surface area contributed by atoms with Crippen molar-refractivity contribution in [3.05, 3.63) is 23.8 Å². The van der Waals surface area contributed by atoms with Gasteiger partial charge in [0.2, 0.25) is 0 Å². The number of rotatable bonds is 6. The standard InChI is InChI=1S/C13H24/c1-6-7-8-9-10-12(4)13(5)11(2)3/h10,13H,2,6-9H2,1,3-5H3. The highest BCUT2D eigenvalue weighted by Gasteiger charge is 2.02. The van der Waals surface area contributed by atoms with Crippen LogP contribution in [0.4, 0.5) is 0 Å². The van der Waals surface area contributed by atoms with Crippen molar-refractivity contribution in [2.24, 2.45) is 5.92 Å². The van der Waals surface area contributed by atoms with Gasteiger partial charge in [0.1, 0.15) is 0 Å². The molecule has 0 aromatic rings. The fourth-order valence-corrected chi connectivity index (χ4v) is 1.29. The Morgan fingerprint density at radius 3 is 2.38 bits per heavy atom. The van der Waals surface area contributed by atoms with Crippen LogP contribution in [-0.4, -0.2) is 0 Å². The smallest absolute Gasteiger partial charge is 0.00297 e. The van der Waals surface area contributed by atoms with Gasteiger partial charge >= 0.3 is 0 Å². The summed E-state index contributed by atoms with van der Waals surface area (Å²) in [6.45, 7) is 12.8. The van der Waals surface area contributed by atoms with Crippen LogP contribution < -0.4 is 0 Å². The Morgan fingerprint density at radius 1 is 1.31 bits per heavy atom. The Balaban J connectivity index is 3.80. The fourth-order valence-electron chi connectivity index (χ4n) is 1.29. The lowest BCUT2D eigenvalue weighted by Gasteiger charge is -2.11. The van der Waals surface area contributed by atoms with Crippen LogP contribution in [0.15, 0.2) is 23.8 Å². The van der Waals surface area contributed by atoms with Crippen molar-refractivity contribution in [2.45, 2.75) is 53.4 Å². The summed E-state index contributed by atoms with van der Waals surface area (Å²) in [6.07, 6.45) is 7.59. The summed E-state index contributed by atoms with van der Waals surface area (Å²) in [4.78, 5) is 0. The Bertz CT molecular complexity index is 174. The fraction of sp³-hybridized carbons (Fsp3) is 0.692. The lowest BCUT2D eigenvalue weighted by Crippen LogP contribution is -1.96. The number of unbranched alkanes of at least 4 members (excludes halogenated alkanes) is 3. The third-order valence-electron chi connectivity index (χ3n) is 2.70. The summed E-state index contributed by atoms with van der Waals surface area (Å²) in [5, 5.41) is 0. The van der Waals surface area contributed by atoms with Gasteiger partial charge in [-0.25, -0.2) is 0 Å². The maximum Gasteiger partial charge on any atom is -0.00297 e. The molecule has 0 heteroatoms. The predicted molar refractivity (Wildman–Crippen MR) is 61.9 cm³/mol. The first-order valence-corrected chi connectivity index (χ1v) is 5.41. The Hall–Kier alpha value is -0.520. The van der Waals surface area contributed by atoms with Gasteiger partial charge in [-0.3, -0.25) is 0 Å². The van der Waals surface area contributed by atoms with Gasteiger partial charge in [-0.2, -0.15) is 0 Å². The highest BCUT2D eigenvalue weighted by atomic mass is 14.1. The van der Waals surface area contributed by atoms with Crippen LogP contribution in [0.3, 0.4) is 0 Å². The van der Waals surface area contributed by atoms with Gasteiger partial charge in [-0.05, 0) is 32.6 Å². The van der Waals surface area contributed by atoms with Gasteiger partial charge in [-0.1, -0.05) is 50.5 Å². The van der Waals surface area contributed by atoms with E-state index in [4.69, 9.17) is 0 Å². The summed E-state index contributed by atoms with van der Waals surface area (Å²) in [7, 11) is 0. The van der Waals surface area contributed by atoms with Crippen molar-refractivity contribution in [1.29, 1.82) is 0 Å². The molecule has 0 nitrogen and oxygen atoms in total. The minimum absolute atomic E-state index is 0.557. The van der Waals surface area contributed by atoms with Crippen LogP contribution in [-0.2, 0) is 0 Å². The maximum absolute atomic E-state index is 3.98. The van der Waals surface area contributed by atoms with Gasteiger partial charge < -0.3 is 0 Å². The summed E-state index contributed by atoms with van der Waals surface area (Å²) >= 11 is 0. The second-order valence-corrected chi connectivity index (χ2v) is 4.01. The van der Waals surface area contributed by atoms with E-state index in [1.165, 1.54) is 36.8 Å². The SMILES string of the molecule is C=C(C)C(C)C(C)=CCCCCC. The van der Waals surface area contributed by atoms with Crippen LogP contribution >= 0.6 is 0 Å². The molecule has 0 aromatic carbocycles. The van der Waals surface area contributed by atoms with Crippen LogP contribution in [0.25, 0.3) is 0 Å². The molecule has 0 heterocycles. The largest absolute Gasteiger partial charge is 0.0995 e. The lowest BCUT2D eigenvalue weighted by molar-refractivity contribution is 0.717. The lowest BCUT2D eigenvalue weighted by atomic mass is 9.95. The van der Waals surface area contributed by atoms with E-state index in [0.717, 1.165) is 0 Å². The zero-order valence-electron chi connectivity index (χ0n) is 9.69. The van der Waals surface area contributed by atoms with Crippen LogP contribution in [0.2, 0.25) is 0 Å². The first kappa shape index (κ1) is 12.5. The molecule has 0 rings (SSSR count). The minimum atomic E-state index is 0.557. The monoisotopic (exact) mass is 180 g/mol. The topological polar surface area (TPSA) is 0 Å². The third-order valence-corrected chi connectivity index (χ3v) is 2.70. The molecule has 13 heavy (non-hydrogen) atoms. The number of hydrogen-bond donors (Lipinski definition) is 0. The molecule has 0 N–H and O–H groups in total. The van der Waals surface area contributed by atoms with Gasteiger partial charge in [0, 0.05) is 0 Å². The molecule has 0 aliphatic heterocycles. The molecule has 0 bridgehead atoms. The third kappa shape index (κ3) is 5.68. The first-order valence-electron chi connectivity index (χ1n) is 5.41. The average Bonchev–Trinajstić information content (AvgIpc) is 2.10. The first-order chi connectivity index (χ1) is 6.09. The summed E-state index contributed by atoms with van der Waals surface area (Å²) in [5.74, 6) is 0.557. The van der Waals surface area contributed by atoms with E-state index in [1.54, 1.807) is 0 Å². The number of allylic oxidation sites excluding steroid dienone is 3. The van der Waals surface area contributed by atoms with Crippen molar-refractivity contribution in [3.63, 3.8) is 0 Å². The quantitative estimate of drug-likeness (QED) is 0.409. The molecule has 76 valence electrons. The average molecular weight is 180 g/mol. The molecular formula is C13H24. The second kappa shape index (κ2) is 6.94. The zero-order chi connectivity index (χ0) is 10.3. The highest BCUT2D eigenvalue weighted by molar-refractivity contribution is 5.14. The Morgan fingerprint density at radius 2 is 1.92 bits per heavy atom. The molecule has 0 fully saturated rings. The molecule has 0 aliphatic rings. The molecule has 0 aromatic heterocycles. The molecule has 0 saturated carbocycles. The summed E-state index contributed by atoms with van der Waals surface area (Å²) in [5.41, 5.74) is 2.74. The molecular weight excluding hydrogens is 156 g/mol. The van der Waals surface area contributed by atoms with Crippen LogP contribution in [0.1, 0.15) is 53.4 Å². The van der Waals surface area contributed by atoms with E-state index in [0.29, 0.717) is 5.92 Å². The van der Waals surface area contributed by atoms with Crippen molar-refractivity contribution < 1.29 is 0 Å². The van der Waals surface area contributed by atoms with Crippen molar-refractivity contribution >= 4 is 0 Å². The van der Waals surface area contributed by atoms with E-state index in [-0.39, 0.29) is 0 Å². The molecule has 0 amide bonds. The van der Waals surface area contributed by atoms with E-state index in [2.05, 4.69) is 40.3 Å². The Labute approximate surface area is 83.7 Å². The summed E-state index contributed by atoms with van der Waals surface area (Å²) in [6, 6.07) is 0. The van der Waals surface area contributed by atoms with Crippen LogP contribution in [0.5, 0.6) is 0 Å². The van der Waals surface area contributed by atoms with E-state index in [9.17, 15) is 0 Å².